The van der Waals surface area contributed by atoms with Crippen LogP contribution in [-0.4, -0.2) is 23.0 Å². The average Bonchev–Trinajstić information content (AvgIpc) is 2.75. The lowest BCUT2D eigenvalue weighted by atomic mass is 10.1. The average molecular weight is 269 g/mol. The van der Waals surface area contributed by atoms with Crippen LogP contribution in [0.4, 0.5) is 5.13 Å². The van der Waals surface area contributed by atoms with E-state index in [1.165, 1.54) is 11.3 Å². The van der Waals surface area contributed by atoms with Crippen LogP contribution in [-0.2, 0) is 0 Å². The molecule has 6 heteroatoms. The molecule has 0 radical (unpaired) electrons. The Kier molecular flexibility index (Phi) is 5.27. The molecule has 18 heavy (non-hydrogen) atoms. The Balaban J connectivity index is 2.98. The first-order valence-electron chi connectivity index (χ1n) is 6.06. The van der Waals surface area contributed by atoms with Gasteiger partial charge < -0.3 is 4.90 Å². The van der Waals surface area contributed by atoms with Crippen molar-refractivity contribution in [2.75, 3.05) is 18.0 Å². The largest absolute Gasteiger partial charge is 0.349 e. The molecule has 5 nitrogen and oxygen atoms in total. The molecule has 0 aromatic carbocycles. The molecule has 0 atom stereocenters. The first-order chi connectivity index (χ1) is 8.49. The van der Waals surface area contributed by atoms with Gasteiger partial charge in [0, 0.05) is 31.3 Å². The van der Waals surface area contributed by atoms with E-state index in [9.17, 15) is 10.1 Å². The monoisotopic (exact) mass is 269 g/mol. The quantitative estimate of drug-likeness (QED) is 0.587. The number of rotatable bonds is 6. The molecular formula is C12H19N3O2S. The van der Waals surface area contributed by atoms with Crippen LogP contribution in [0.3, 0.4) is 0 Å². The summed E-state index contributed by atoms with van der Waals surface area (Å²) in [5, 5.41) is 11.8. The maximum absolute atomic E-state index is 10.9. The highest BCUT2D eigenvalue weighted by molar-refractivity contribution is 7.16. The molecule has 0 saturated carbocycles. The van der Waals surface area contributed by atoms with Gasteiger partial charge in [-0.05, 0) is 13.8 Å². The van der Waals surface area contributed by atoms with Crippen molar-refractivity contribution in [3.63, 3.8) is 0 Å². The van der Waals surface area contributed by atoms with Crippen LogP contribution >= 0.6 is 11.3 Å². The van der Waals surface area contributed by atoms with Gasteiger partial charge in [-0.2, -0.15) is 0 Å². The summed E-state index contributed by atoms with van der Waals surface area (Å²) in [4.78, 5) is 17.9. The zero-order valence-corrected chi connectivity index (χ0v) is 12.0. The molecule has 0 aliphatic rings. The number of nitro groups is 1. The fourth-order valence-corrected chi connectivity index (χ4v) is 2.55. The maximum atomic E-state index is 10.9. The van der Waals surface area contributed by atoms with Crippen LogP contribution in [0, 0.1) is 16.0 Å². The molecule has 1 aromatic heterocycles. The van der Waals surface area contributed by atoms with Crippen molar-refractivity contribution in [3.05, 3.63) is 26.9 Å². The molecule has 0 saturated heterocycles. The summed E-state index contributed by atoms with van der Waals surface area (Å²) in [7, 11) is 0. The zero-order chi connectivity index (χ0) is 13.7. The van der Waals surface area contributed by atoms with E-state index >= 15 is 0 Å². The van der Waals surface area contributed by atoms with Gasteiger partial charge in [0.2, 0.25) is 5.70 Å². The van der Waals surface area contributed by atoms with E-state index in [-0.39, 0.29) is 16.5 Å². The summed E-state index contributed by atoms with van der Waals surface area (Å²) in [5.41, 5.74) is 0.227. The van der Waals surface area contributed by atoms with Crippen molar-refractivity contribution in [2.24, 2.45) is 5.92 Å². The minimum Gasteiger partial charge on any atom is -0.349 e. The van der Waals surface area contributed by atoms with Crippen molar-refractivity contribution >= 4 is 22.5 Å². The SMILES string of the molecule is CCN(CC)c1ncc(/C=C(/C(C)C)[N+](=O)[O-])s1. The minimum atomic E-state index is -0.318. The van der Waals surface area contributed by atoms with Crippen LogP contribution in [0.2, 0.25) is 0 Å². The number of allylic oxidation sites excluding steroid dienone is 1. The molecule has 0 fully saturated rings. The molecule has 0 unspecified atom stereocenters. The van der Waals surface area contributed by atoms with Crippen molar-refractivity contribution in [1.29, 1.82) is 0 Å². The molecule has 0 aliphatic heterocycles. The van der Waals surface area contributed by atoms with Crippen LogP contribution < -0.4 is 4.90 Å². The summed E-state index contributed by atoms with van der Waals surface area (Å²) < 4.78 is 0. The van der Waals surface area contributed by atoms with Gasteiger partial charge >= 0.3 is 0 Å². The lowest BCUT2D eigenvalue weighted by Crippen LogP contribution is -2.21. The van der Waals surface area contributed by atoms with E-state index < -0.39 is 0 Å². The third-order valence-electron chi connectivity index (χ3n) is 2.64. The van der Waals surface area contributed by atoms with E-state index in [4.69, 9.17) is 0 Å². The third kappa shape index (κ3) is 3.53. The fraction of sp³-hybridized carbons (Fsp3) is 0.583. The third-order valence-corrected chi connectivity index (χ3v) is 3.64. The molecule has 0 aliphatic carbocycles. The van der Waals surface area contributed by atoms with Gasteiger partial charge in [-0.25, -0.2) is 4.98 Å². The van der Waals surface area contributed by atoms with Gasteiger partial charge in [0.1, 0.15) is 0 Å². The Bertz CT molecular complexity index is 436. The highest BCUT2D eigenvalue weighted by Gasteiger charge is 2.17. The number of hydrogen-bond acceptors (Lipinski definition) is 5. The van der Waals surface area contributed by atoms with Crippen LogP contribution in [0.15, 0.2) is 11.9 Å². The van der Waals surface area contributed by atoms with Crippen molar-refractivity contribution in [3.8, 4) is 0 Å². The molecule has 0 spiro atoms. The van der Waals surface area contributed by atoms with Crippen LogP contribution in [0.25, 0.3) is 6.08 Å². The van der Waals surface area contributed by atoms with E-state index in [1.54, 1.807) is 12.3 Å². The van der Waals surface area contributed by atoms with E-state index in [0.717, 1.165) is 23.1 Å². The second-order valence-corrected chi connectivity index (χ2v) is 5.24. The maximum Gasteiger partial charge on any atom is 0.250 e. The summed E-state index contributed by atoms with van der Waals surface area (Å²) >= 11 is 1.49. The Hall–Kier alpha value is -1.43. The number of anilines is 1. The molecule has 100 valence electrons. The first-order valence-corrected chi connectivity index (χ1v) is 6.87. The summed E-state index contributed by atoms with van der Waals surface area (Å²) in [6, 6.07) is 0. The molecular weight excluding hydrogens is 250 g/mol. The van der Waals surface area contributed by atoms with Gasteiger partial charge in [-0.3, -0.25) is 10.1 Å². The topological polar surface area (TPSA) is 59.3 Å². The fourth-order valence-electron chi connectivity index (χ4n) is 1.56. The van der Waals surface area contributed by atoms with Crippen molar-refractivity contribution in [1.82, 2.24) is 4.98 Å². The van der Waals surface area contributed by atoms with E-state index in [0.29, 0.717) is 0 Å². The van der Waals surface area contributed by atoms with Crippen LogP contribution in [0.1, 0.15) is 32.6 Å². The smallest absolute Gasteiger partial charge is 0.250 e. The normalized spacial score (nSPS) is 11.9. The van der Waals surface area contributed by atoms with Crippen LogP contribution in [0.5, 0.6) is 0 Å². The van der Waals surface area contributed by atoms with E-state index in [1.807, 2.05) is 13.8 Å². The molecule has 0 N–H and O–H groups in total. The van der Waals surface area contributed by atoms with Crippen molar-refractivity contribution in [2.45, 2.75) is 27.7 Å². The Morgan fingerprint density at radius 2 is 2.17 bits per heavy atom. The van der Waals surface area contributed by atoms with Gasteiger partial charge in [0.15, 0.2) is 5.13 Å². The summed E-state index contributed by atoms with van der Waals surface area (Å²) in [5.74, 6) is -0.0981. The highest BCUT2D eigenvalue weighted by atomic mass is 32.1. The minimum absolute atomic E-state index is 0.0981. The Labute approximate surface area is 111 Å². The predicted octanol–water partition coefficient (Wildman–Crippen LogP) is 3.26. The van der Waals surface area contributed by atoms with Gasteiger partial charge in [-0.1, -0.05) is 25.2 Å². The highest BCUT2D eigenvalue weighted by Crippen LogP contribution is 2.25. The summed E-state index contributed by atoms with van der Waals surface area (Å²) in [6.45, 7) is 9.55. The number of thiazole rings is 1. The van der Waals surface area contributed by atoms with Gasteiger partial charge in [-0.15, -0.1) is 0 Å². The second kappa shape index (κ2) is 6.49. The molecule has 1 aromatic rings. The van der Waals surface area contributed by atoms with Gasteiger partial charge in [0.25, 0.3) is 0 Å². The number of hydrogen-bond donors (Lipinski definition) is 0. The Morgan fingerprint density at radius 1 is 1.56 bits per heavy atom. The molecule has 1 heterocycles. The Morgan fingerprint density at radius 3 is 2.61 bits per heavy atom. The number of nitrogens with zero attached hydrogens (tertiary/aromatic N) is 3. The lowest BCUT2D eigenvalue weighted by Gasteiger charge is -2.16. The molecule has 1 rings (SSSR count). The van der Waals surface area contributed by atoms with Crippen molar-refractivity contribution < 1.29 is 4.92 Å². The zero-order valence-electron chi connectivity index (χ0n) is 11.2. The summed E-state index contributed by atoms with van der Waals surface area (Å²) in [6.07, 6.45) is 3.32. The lowest BCUT2D eigenvalue weighted by molar-refractivity contribution is -0.431. The first kappa shape index (κ1) is 14.6. The second-order valence-electron chi connectivity index (χ2n) is 4.20. The van der Waals surface area contributed by atoms with Gasteiger partial charge in [0.05, 0.1) is 9.80 Å². The predicted molar refractivity (Wildman–Crippen MR) is 75.5 cm³/mol. The standard InChI is InChI=1S/C12H19N3O2S/c1-5-14(6-2)12-13-8-10(18-12)7-11(9(3)4)15(16)17/h7-9H,5-6H2,1-4H3/b11-7-. The number of aromatic nitrogens is 1. The van der Waals surface area contributed by atoms with E-state index in [2.05, 4.69) is 23.7 Å². The molecule has 0 bridgehead atoms. The molecule has 0 amide bonds.